The van der Waals surface area contributed by atoms with Gasteiger partial charge in [0.05, 0.1) is 4.47 Å². The fraction of sp³-hybridized carbons (Fsp3) is 0.350. The van der Waals surface area contributed by atoms with Gasteiger partial charge in [0, 0.05) is 5.54 Å². The quantitative estimate of drug-likeness (QED) is 0.679. The summed E-state index contributed by atoms with van der Waals surface area (Å²) in [4.78, 5) is 35.6. The zero-order chi connectivity index (χ0) is 20.9. The van der Waals surface area contributed by atoms with Gasteiger partial charge >= 0.3 is 12.0 Å². The third kappa shape index (κ3) is 6.23. The van der Waals surface area contributed by atoms with Crippen LogP contribution in [0.3, 0.4) is 0 Å². The monoisotopic (exact) mass is 450 g/mol. The lowest BCUT2D eigenvalue weighted by Gasteiger charge is -2.21. The molecule has 0 bridgehead atoms. The molecule has 3 amide bonds. The number of rotatable bonds is 5. The Bertz CT molecular complexity index is 892. The second-order valence-electron chi connectivity index (χ2n) is 7.21. The van der Waals surface area contributed by atoms with Crippen LogP contribution < -0.4 is 15.4 Å². The van der Waals surface area contributed by atoms with E-state index in [4.69, 9.17) is 9.47 Å². The Morgan fingerprint density at radius 2 is 1.79 bits per heavy atom. The summed E-state index contributed by atoms with van der Waals surface area (Å²) in [7, 11) is 0. The molecule has 0 aliphatic heterocycles. The summed E-state index contributed by atoms with van der Waals surface area (Å²) in [6.07, 6.45) is -1.14. The first kappa shape index (κ1) is 21.7. The zero-order valence-corrected chi connectivity index (χ0v) is 17.8. The van der Waals surface area contributed by atoms with E-state index in [1.54, 1.807) is 26.8 Å². The summed E-state index contributed by atoms with van der Waals surface area (Å²) in [5.41, 5.74) is -0.495. The van der Waals surface area contributed by atoms with E-state index in [9.17, 15) is 14.4 Å². The summed E-state index contributed by atoms with van der Waals surface area (Å²) in [6, 6.07) is 10.7. The molecule has 150 valence electrons. The number of urea groups is 1. The number of ether oxygens (including phenoxy) is 2. The summed E-state index contributed by atoms with van der Waals surface area (Å²) in [6.45, 7) is 6.35. The SMILES string of the molecule is CC(OC(=O)COc1ccc2ccccc2c1Br)C(=O)NC(=O)NC(C)(C)C. The van der Waals surface area contributed by atoms with Gasteiger partial charge in [-0.2, -0.15) is 0 Å². The van der Waals surface area contributed by atoms with E-state index in [0.717, 1.165) is 15.2 Å². The van der Waals surface area contributed by atoms with Crippen molar-refractivity contribution in [2.75, 3.05) is 6.61 Å². The van der Waals surface area contributed by atoms with Crippen LogP contribution in [-0.4, -0.2) is 36.2 Å². The highest BCUT2D eigenvalue weighted by Crippen LogP contribution is 2.32. The van der Waals surface area contributed by atoms with Crippen molar-refractivity contribution in [3.8, 4) is 5.75 Å². The number of carbonyl (C=O) groups is 3. The molecule has 28 heavy (non-hydrogen) atoms. The minimum atomic E-state index is -1.14. The van der Waals surface area contributed by atoms with Crippen LogP contribution in [0.1, 0.15) is 27.7 Å². The molecule has 1 atom stereocenters. The summed E-state index contributed by atoms with van der Waals surface area (Å²) in [5, 5.41) is 6.70. The van der Waals surface area contributed by atoms with E-state index < -0.39 is 29.6 Å². The van der Waals surface area contributed by atoms with Crippen molar-refractivity contribution in [1.29, 1.82) is 0 Å². The van der Waals surface area contributed by atoms with Crippen LogP contribution in [0.4, 0.5) is 4.79 Å². The maximum atomic E-state index is 12.0. The summed E-state index contributed by atoms with van der Waals surface area (Å²) < 4.78 is 11.2. The lowest BCUT2D eigenvalue weighted by molar-refractivity contribution is -0.156. The fourth-order valence-electron chi connectivity index (χ4n) is 2.33. The number of carbonyl (C=O) groups excluding carboxylic acids is 3. The molecule has 0 saturated heterocycles. The molecule has 0 aliphatic rings. The molecule has 2 aromatic rings. The molecule has 0 fully saturated rings. The van der Waals surface area contributed by atoms with E-state index >= 15 is 0 Å². The zero-order valence-electron chi connectivity index (χ0n) is 16.2. The number of nitrogens with one attached hydrogen (secondary N) is 2. The van der Waals surface area contributed by atoms with E-state index in [1.807, 2.05) is 30.3 Å². The van der Waals surface area contributed by atoms with Crippen molar-refractivity contribution >= 4 is 44.6 Å². The van der Waals surface area contributed by atoms with Gasteiger partial charge in [-0.25, -0.2) is 9.59 Å². The molecule has 2 rings (SSSR count). The first-order valence-electron chi connectivity index (χ1n) is 8.69. The van der Waals surface area contributed by atoms with Gasteiger partial charge < -0.3 is 14.8 Å². The number of fused-ring (bicyclic) bond motifs is 1. The van der Waals surface area contributed by atoms with Gasteiger partial charge in [0.15, 0.2) is 12.7 Å². The third-order valence-corrected chi connectivity index (χ3v) is 4.39. The number of halogens is 1. The summed E-state index contributed by atoms with van der Waals surface area (Å²) >= 11 is 3.47. The first-order chi connectivity index (χ1) is 13.1. The van der Waals surface area contributed by atoms with Crippen molar-refractivity contribution in [3.63, 3.8) is 0 Å². The lowest BCUT2D eigenvalue weighted by atomic mass is 10.1. The summed E-state index contributed by atoms with van der Waals surface area (Å²) in [5.74, 6) is -0.960. The third-order valence-electron chi connectivity index (χ3n) is 3.58. The molecule has 0 heterocycles. The highest BCUT2D eigenvalue weighted by molar-refractivity contribution is 9.10. The van der Waals surface area contributed by atoms with Crippen LogP contribution in [0, 0.1) is 0 Å². The number of hydrogen-bond acceptors (Lipinski definition) is 5. The number of amides is 3. The Hall–Kier alpha value is -2.61. The predicted octanol–water partition coefficient (Wildman–Crippen LogP) is 3.54. The van der Waals surface area contributed by atoms with E-state index in [0.29, 0.717) is 5.75 Å². The first-order valence-corrected chi connectivity index (χ1v) is 9.48. The molecule has 2 aromatic carbocycles. The van der Waals surface area contributed by atoms with Gasteiger partial charge in [-0.15, -0.1) is 0 Å². The van der Waals surface area contributed by atoms with E-state index in [-0.39, 0.29) is 6.61 Å². The lowest BCUT2D eigenvalue weighted by Crippen LogP contribution is -2.50. The van der Waals surface area contributed by atoms with Gasteiger partial charge in [0.1, 0.15) is 5.75 Å². The van der Waals surface area contributed by atoms with Gasteiger partial charge in [-0.3, -0.25) is 10.1 Å². The molecular formula is C20H23BrN2O5. The maximum Gasteiger partial charge on any atom is 0.344 e. The standard InChI is InChI=1S/C20H23BrN2O5/c1-12(18(25)22-19(26)23-20(2,3)4)28-16(24)11-27-15-10-9-13-7-5-6-8-14(13)17(15)21/h5-10,12H,11H2,1-4H3,(H2,22,23,25,26). The predicted molar refractivity (Wildman–Crippen MR) is 109 cm³/mol. The second kappa shape index (κ2) is 9.05. The number of imide groups is 1. The van der Waals surface area contributed by atoms with Crippen LogP contribution in [0.5, 0.6) is 5.75 Å². The Morgan fingerprint density at radius 3 is 2.46 bits per heavy atom. The Balaban J connectivity index is 1.87. The number of esters is 1. The fourth-order valence-corrected chi connectivity index (χ4v) is 2.94. The minimum Gasteiger partial charge on any atom is -0.481 e. The molecule has 0 saturated carbocycles. The normalized spacial score (nSPS) is 12.2. The highest BCUT2D eigenvalue weighted by Gasteiger charge is 2.22. The van der Waals surface area contributed by atoms with E-state index in [2.05, 4.69) is 26.6 Å². The van der Waals surface area contributed by atoms with Gasteiger partial charge in [0.2, 0.25) is 0 Å². The van der Waals surface area contributed by atoms with Crippen molar-refractivity contribution in [2.45, 2.75) is 39.3 Å². The molecule has 0 aromatic heterocycles. The Kier molecular flexibility index (Phi) is 7.01. The largest absolute Gasteiger partial charge is 0.481 e. The number of benzene rings is 2. The van der Waals surface area contributed by atoms with Crippen molar-refractivity contribution in [1.82, 2.24) is 10.6 Å². The molecule has 0 radical (unpaired) electrons. The van der Waals surface area contributed by atoms with Crippen LogP contribution in [0.25, 0.3) is 10.8 Å². The average Bonchev–Trinajstić information content (AvgIpc) is 2.59. The molecule has 2 N–H and O–H groups in total. The van der Waals surface area contributed by atoms with Crippen molar-refractivity contribution in [3.05, 3.63) is 40.9 Å². The van der Waals surface area contributed by atoms with Gasteiger partial charge in [0.25, 0.3) is 5.91 Å². The molecule has 0 spiro atoms. The van der Waals surface area contributed by atoms with Crippen LogP contribution in [0.15, 0.2) is 40.9 Å². The van der Waals surface area contributed by atoms with Crippen LogP contribution in [-0.2, 0) is 14.3 Å². The average molecular weight is 451 g/mol. The Morgan fingerprint density at radius 1 is 1.11 bits per heavy atom. The second-order valence-corrected chi connectivity index (χ2v) is 8.01. The molecule has 7 nitrogen and oxygen atoms in total. The maximum absolute atomic E-state index is 12.0. The molecule has 0 aliphatic carbocycles. The topological polar surface area (TPSA) is 93.7 Å². The minimum absolute atomic E-state index is 0.372. The van der Waals surface area contributed by atoms with Gasteiger partial charge in [-0.1, -0.05) is 30.3 Å². The molecule has 1 unspecified atom stereocenters. The van der Waals surface area contributed by atoms with Crippen molar-refractivity contribution in [2.24, 2.45) is 0 Å². The number of hydrogen-bond donors (Lipinski definition) is 2. The van der Waals surface area contributed by atoms with Gasteiger partial charge in [-0.05, 0) is 60.5 Å². The molecular weight excluding hydrogens is 428 g/mol. The Labute approximate surface area is 171 Å². The van der Waals surface area contributed by atoms with E-state index in [1.165, 1.54) is 6.92 Å². The smallest absolute Gasteiger partial charge is 0.344 e. The van der Waals surface area contributed by atoms with Crippen molar-refractivity contribution < 1.29 is 23.9 Å². The van der Waals surface area contributed by atoms with Crippen LogP contribution in [0.2, 0.25) is 0 Å². The highest BCUT2D eigenvalue weighted by atomic mass is 79.9. The molecule has 8 heteroatoms. The van der Waals surface area contributed by atoms with Crippen LogP contribution >= 0.6 is 15.9 Å².